The van der Waals surface area contributed by atoms with Gasteiger partial charge >= 0.3 is 16.2 Å². The fraction of sp³-hybridized carbons (Fsp3) is 0.500. The number of H-pyrrole nitrogens is 1. The van der Waals surface area contributed by atoms with Gasteiger partial charge in [-0.2, -0.15) is 17.9 Å². The first-order valence-electron chi connectivity index (χ1n) is 3.61. The van der Waals surface area contributed by atoms with Crippen LogP contribution in [0.2, 0.25) is 0 Å². The minimum absolute atomic E-state index is 0.257. The lowest BCUT2D eigenvalue weighted by molar-refractivity contribution is -0.137. The first kappa shape index (κ1) is 11.3. The van der Waals surface area contributed by atoms with Crippen LogP contribution in [0.3, 0.4) is 0 Å². The Hall–Kier alpha value is -1.75. The second kappa shape index (κ2) is 4.18. The van der Waals surface area contributed by atoms with E-state index < -0.39 is 22.7 Å². The smallest absolute Gasteiger partial charge is 0.318 e. The second-order valence-electron chi connectivity index (χ2n) is 2.49. The van der Waals surface area contributed by atoms with Crippen molar-refractivity contribution in [3.63, 3.8) is 0 Å². The molecule has 0 aliphatic carbocycles. The fourth-order valence-corrected chi connectivity index (χ4v) is 1.43. The van der Waals surface area contributed by atoms with E-state index in [-0.39, 0.29) is 5.95 Å². The molecule has 0 saturated carbocycles. The van der Waals surface area contributed by atoms with Gasteiger partial charge in [0.1, 0.15) is 6.54 Å². The number of hydrogen-bond acceptors (Lipinski definition) is 6. The molecule has 3 N–H and O–H groups in total. The molecule has 0 radical (unpaired) electrons. The van der Waals surface area contributed by atoms with Gasteiger partial charge in [0, 0.05) is 7.05 Å². The van der Waals surface area contributed by atoms with Crippen LogP contribution in [0, 0.1) is 0 Å². The molecule has 0 fully saturated rings. The van der Waals surface area contributed by atoms with Crippen LogP contribution < -0.4 is 4.72 Å². The van der Waals surface area contributed by atoms with Crippen molar-refractivity contribution >= 4 is 22.1 Å². The van der Waals surface area contributed by atoms with Gasteiger partial charge in [-0.1, -0.05) is 5.10 Å². The number of aromatic amines is 1. The zero-order chi connectivity index (χ0) is 11.5. The van der Waals surface area contributed by atoms with E-state index in [2.05, 4.69) is 20.6 Å². The monoisotopic (exact) mass is 236 g/mol. The molecule has 1 heterocycles. The summed E-state index contributed by atoms with van der Waals surface area (Å²) in [5, 5.41) is 20.3. The predicted molar refractivity (Wildman–Crippen MR) is 47.0 cm³/mol. The van der Waals surface area contributed by atoms with E-state index >= 15 is 0 Å². The molecule has 0 saturated heterocycles. The molecule has 0 aromatic carbocycles. The number of carbonyl (C=O) groups is 1. The summed E-state index contributed by atoms with van der Waals surface area (Å²) < 4.78 is 25.3. The molecule has 0 amide bonds. The van der Waals surface area contributed by atoms with Crippen LogP contribution in [-0.2, 0) is 15.0 Å². The maximum Gasteiger partial charge on any atom is 0.318 e. The third kappa shape index (κ3) is 3.14. The van der Waals surface area contributed by atoms with E-state index in [1.807, 2.05) is 4.72 Å². The molecule has 1 aromatic rings. The van der Waals surface area contributed by atoms with E-state index in [0.29, 0.717) is 4.31 Å². The highest BCUT2D eigenvalue weighted by atomic mass is 32.2. The average molecular weight is 236 g/mol. The minimum Gasteiger partial charge on any atom is -0.480 e. The molecule has 1 aromatic heterocycles. The Labute approximate surface area is 84.5 Å². The summed E-state index contributed by atoms with van der Waals surface area (Å²) in [4.78, 5) is 10.3. The lowest BCUT2D eigenvalue weighted by atomic mass is 10.7. The van der Waals surface area contributed by atoms with E-state index in [1.54, 1.807) is 0 Å². The van der Waals surface area contributed by atoms with Gasteiger partial charge in [-0.25, -0.2) is 4.72 Å². The van der Waals surface area contributed by atoms with Crippen LogP contribution in [0.15, 0.2) is 0 Å². The molecule has 0 bridgehead atoms. The molecule has 10 nitrogen and oxygen atoms in total. The number of nitrogens with zero attached hydrogens (tertiary/aromatic N) is 4. The average Bonchev–Trinajstić information content (AvgIpc) is 2.54. The Morgan fingerprint density at radius 1 is 1.67 bits per heavy atom. The van der Waals surface area contributed by atoms with Crippen molar-refractivity contribution in [2.24, 2.45) is 0 Å². The first-order chi connectivity index (χ1) is 6.92. The summed E-state index contributed by atoms with van der Waals surface area (Å²) in [6.07, 6.45) is 0. The van der Waals surface area contributed by atoms with Gasteiger partial charge in [0.25, 0.3) is 5.95 Å². The molecule has 84 valence electrons. The van der Waals surface area contributed by atoms with E-state index in [1.165, 1.54) is 0 Å². The van der Waals surface area contributed by atoms with Crippen LogP contribution in [0.4, 0.5) is 5.95 Å². The summed E-state index contributed by atoms with van der Waals surface area (Å²) in [5.41, 5.74) is 0. The van der Waals surface area contributed by atoms with Crippen LogP contribution in [0.1, 0.15) is 0 Å². The molecule has 0 spiro atoms. The maximum absolute atomic E-state index is 11.4. The number of rotatable bonds is 5. The number of aliphatic carboxylic acids is 1. The number of likely N-dealkylation sites (N-methyl/N-ethyl adjacent to an activating group) is 1. The summed E-state index contributed by atoms with van der Waals surface area (Å²) in [7, 11) is -2.85. The number of carboxylic acid groups (broad SMARTS) is 1. The standard InChI is InChI=1S/C4H8N6O4S/c1-10(2-3(11)12)15(13,14)7-4-5-8-9-6-4/h2H2,1H3,(H,11,12)(H2,5,6,7,8,9). The molecule has 0 aliphatic heterocycles. The molecule has 15 heavy (non-hydrogen) atoms. The van der Waals surface area contributed by atoms with Crippen molar-refractivity contribution in [1.29, 1.82) is 0 Å². The van der Waals surface area contributed by atoms with Crippen molar-refractivity contribution in [3.8, 4) is 0 Å². The largest absolute Gasteiger partial charge is 0.480 e. The van der Waals surface area contributed by atoms with Crippen LogP contribution in [0.5, 0.6) is 0 Å². The Balaban J connectivity index is 2.71. The summed E-state index contributed by atoms with van der Waals surface area (Å²) in [6.45, 7) is -0.660. The molecule has 0 aliphatic rings. The van der Waals surface area contributed by atoms with Crippen molar-refractivity contribution in [2.45, 2.75) is 0 Å². The van der Waals surface area contributed by atoms with E-state index in [4.69, 9.17) is 5.11 Å². The molecule has 11 heteroatoms. The Bertz CT molecular complexity index is 426. The number of anilines is 1. The van der Waals surface area contributed by atoms with Gasteiger partial charge in [-0.15, -0.1) is 5.10 Å². The molecule has 0 atom stereocenters. The van der Waals surface area contributed by atoms with Gasteiger partial charge in [0.05, 0.1) is 0 Å². The number of nitrogens with one attached hydrogen (secondary N) is 2. The van der Waals surface area contributed by atoms with Crippen LogP contribution in [0.25, 0.3) is 0 Å². The van der Waals surface area contributed by atoms with Crippen LogP contribution >= 0.6 is 0 Å². The number of carboxylic acids is 1. The molecular formula is C4H8N6O4S. The van der Waals surface area contributed by atoms with Gasteiger partial charge in [0.15, 0.2) is 0 Å². The lowest BCUT2D eigenvalue weighted by Crippen LogP contribution is -2.36. The van der Waals surface area contributed by atoms with Crippen molar-refractivity contribution in [2.75, 3.05) is 18.3 Å². The van der Waals surface area contributed by atoms with Gasteiger partial charge in [0.2, 0.25) is 0 Å². The molecular weight excluding hydrogens is 228 g/mol. The minimum atomic E-state index is -3.96. The number of hydrogen-bond donors (Lipinski definition) is 3. The number of aromatic nitrogens is 4. The third-order valence-electron chi connectivity index (χ3n) is 1.33. The second-order valence-corrected chi connectivity index (χ2v) is 4.27. The SMILES string of the molecule is CN(CC(=O)O)S(=O)(=O)Nc1nn[nH]n1. The quantitative estimate of drug-likeness (QED) is 0.530. The lowest BCUT2D eigenvalue weighted by Gasteiger charge is -2.13. The predicted octanol–water partition coefficient (Wildman–Crippen LogP) is -2.13. The summed E-state index contributed by atoms with van der Waals surface area (Å²) >= 11 is 0. The van der Waals surface area contributed by atoms with E-state index in [9.17, 15) is 13.2 Å². The summed E-state index contributed by atoms with van der Waals surface area (Å²) in [6, 6.07) is 0. The third-order valence-corrected chi connectivity index (χ3v) is 2.72. The Morgan fingerprint density at radius 2 is 2.33 bits per heavy atom. The van der Waals surface area contributed by atoms with Gasteiger partial charge in [-0.3, -0.25) is 4.79 Å². The summed E-state index contributed by atoms with van der Waals surface area (Å²) in [5.74, 6) is -1.52. The van der Waals surface area contributed by atoms with Crippen molar-refractivity contribution in [1.82, 2.24) is 24.9 Å². The Morgan fingerprint density at radius 3 is 2.80 bits per heavy atom. The highest BCUT2D eigenvalue weighted by Crippen LogP contribution is 2.01. The highest BCUT2D eigenvalue weighted by Gasteiger charge is 2.21. The zero-order valence-corrected chi connectivity index (χ0v) is 8.39. The Kier molecular flexibility index (Phi) is 3.16. The highest BCUT2D eigenvalue weighted by molar-refractivity contribution is 7.90. The van der Waals surface area contributed by atoms with E-state index in [0.717, 1.165) is 7.05 Å². The van der Waals surface area contributed by atoms with Gasteiger partial charge < -0.3 is 5.11 Å². The normalized spacial score (nSPS) is 11.6. The van der Waals surface area contributed by atoms with Crippen LogP contribution in [-0.4, -0.2) is 58.0 Å². The molecule has 1 rings (SSSR count). The molecule has 0 unspecified atom stereocenters. The fourth-order valence-electron chi connectivity index (χ4n) is 0.674. The zero-order valence-electron chi connectivity index (χ0n) is 7.58. The number of tetrazole rings is 1. The van der Waals surface area contributed by atoms with Crippen molar-refractivity contribution < 1.29 is 18.3 Å². The van der Waals surface area contributed by atoms with Crippen molar-refractivity contribution in [3.05, 3.63) is 0 Å². The first-order valence-corrected chi connectivity index (χ1v) is 5.05. The topological polar surface area (TPSA) is 141 Å². The van der Waals surface area contributed by atoms with Gasteiger partial charge in [-0.05, 0) is 5.21 Å². The maximum atomic E-state index is 11.4.